The van der Waals surface area contributed by atoms with E-state index in [9.17, 15) is 20.1 Å². The fraction of sp³-hybridized carbons (Fsp3) is 0.354. The third kappa shape index (κ3) is 9.14. The van der Waals surface area contributed by atoms with Crippen LogP contribution in [0.25, 0.3) is 10.8 Å². The van der Waals surface area contributed by atoms with Gasteiger partial charge in [0, 0.05) is 30.7 Å². The number of aryl methyl sites for hydroxylation is 1. The Kier molecular flexibility index (Phi) is 12.5. The van der Waals surface area contributed by atoms with Gasteiger partial charge in [-0.05, 0) is 109 Å². The first-order valence-corrected chi connectivity index (χ1v) is 20.0. The zero-order valence-electron chi connectivity index (χ0n) is 32.4. The number of aromatic hydroxyl groups is 2. The van der Waals surface area contributed by atoms with E-state index in [2.05, 4.69) is 47.2 Å². The maximum Gasteiger partial charge on any atom is 0.176 e. The van der Waals surface area contributed by atoms with Crippen molar-refractivity contribution in [3.8, 4) is 23.0 Å². The fourth-order valence-corrected chi connectivity index (χ4v) is 8.55. The summed E-state index contributed by atoms with van der Waals surface area (Å²) >= 11 is 0. The van der Waals surface area contributed by atoms with Crippen molar-refractivity contribution < 1.29 is 29.6 Å². The summed E-state index contributed by atoms with van der Waals surface area (Å²) < 4.78 is 12.1. The predicted octanol–water partition coefficient (Wildman–Crippen LogP) is 8.83. The quantitative estimate of drug-likeness (QED) is 0.0765. The van der Waals surface area contributed by atoms with Crippen molar-refractivity contribution >= 4 is 22.8 Å². The van der Waals surface area contributed by atoms with Gasteiger partial charge in [-0.15, -0.1) is 4.99 Å². The number of ketones is 1. The molecule has 5 aromatic rings. The van der Waals surface area contributed by atoms with E-state index in [1.165, 1.54) is 11.1 Å². The van der Waals surface area contributed by atoms with E-state index in [4.69, 9.17) is 9.47 Å². The lowest BCUT2D eigenvalue weighted by Crippen LogP contribution is -2.31. The Morgan fingerprint density at radius 1 is 0.911 bits per heavy atom. The number of aliphatic hydroxyl groups is 1. The third-order valence-electron chi connectivity index (χ3n) is 11.6. The number of carbonyl (C=O) groups excluding carboxylic acids is 1. The van der Waals surface area contributed by atoms with Crippen LogP contribution in [0, 0.1) is 18.4 Å². The van der Waals surface area contributed by atoms with Gasteiger partial charge in [0.25, 0.3) is 0 Å². The lowest BCUT2D eigenvalue weighted by atomic mass is 9.81. The Morgan fingerprint density at radius 3 is 2.46 bits per heavy atom. The Balaban J connectivity index is 1.17. The zero-order valence-corrected chi connectivity index (χ0v) is 32.4. The van der Waals surface area contributed by atoms with Gasteiger partial charge in [-0.3, -0.25) is 4.79 Å². The molecule has 2 heterocycles. The van der Waals surface area contributed by atoms with E-state index < -0.39 is 12.0 Å². The molecule has 8 nitrogen and oxygen atoms in total. The predicted molar refractivity (Wildman–Crippen MR) is 221 cm³/mol. The molecule has 1 saturated carbocycles. The van der Waals surface area contributed by atoms with E-state index in [1.807, 2.05) is 42.6 Å². The minimum absolute atomic E-state index is 0.0328. The molecule has 1 aliphatic carbocycles. The second kappa shape index (κ2) is 18.0. The van der Waals surface area contributed by atoms with E-state index >= 15 is 0 Å². The first kappa shape index (κ1) is 38.8. The van der Waals surface area contributed by atoms with Crippen molar-refractivity contribution in [2.45, 2.75) is 89.8 Å². The molecular weight excluding hydrogens is 701 g/mol. The average Bonchev–Trinajstić information content (AvgIpc) is 4.03. The number of aliphatic imine (C=N–C) groups is 1. The van der Waals surface area contributed by atoms with Crippen molar-refractivity contribution in [2.75, 3.05) is 7.11 Å². The monoisotopic (exact) mass is 752 g/mol. The lowest BCUT2D eigenvalue weighted by Gasteiger charge is -2.26. The van der Waals surface area contributed by atoms with Gasteiger partial charge in [-0.25, -0.2) is 0 Å². The van der Waals surface area contributed by atoms with Crippen LogP contribution in [-0.2, 0) is 36.9 Å². The Hall–Kier alpha value is -5.47. The number of hydrogen-bond donors (Lipinski definition) is 3. The van der Waals surface area contributed by atoms with Crippen LogP contribution in [0.5, 0.6) is 23.0 Å². The smallest absolute Gasteiger partial charge is 0.176 e. The Bertz CT molecular complexity index is 2180. The molecule has 56 heavy (non-hydrogen) atoms. The molecular formula is C48H52N2O6. The highest BCUT2D eigenvalue weighted by molar-refractivity contribution is 5.88. The summed E-state index contributed by atoms with van der Waals surface area (Å²) in [6.45, 7) is 3.88. The molecule has 1 fully saturated rings. The summed E-state index contributed by atoms with van der Waals surface area (Å²) in [7, 11) is 1.58. The maximum atomic E-state index is 14.4. The highest BCUT2D eigenvalue weighted by atomic mass is 16.5. The summed E-state index contributed by atoms with van der Waals surface area (Å²) in [5, 5.41) is 36.1. The first-order chi connectivity index (χ1) is 27.3. The number of aromatic nitrogens is 1. The van der Waals surface area contributed by atoms with Crippen molar-refractivity contribution in [1.82, 2.24) is 4.98 Å². The average molecular weight is 753 g/mol. The number of phenolic OH excluding ortho intramolecular Hbond substituents is 2. The lowest BCUT2D eigenvalue weighted by molar-refractivity contribution is -0.125. The number of fused-ring (bicyclic) bond motifs is 1. The molecule has 290 valence electrons. The number of phenols is 2. The summed E-state index contributed by atoms with van der Waals surface area (Å²) in [4.78, 5) is 22.9. The second-order valence-corrected chi connectivity index (χ2v) is 15.4. The molecule has 0 spiro atoms. The van der Waals surface area contributed by atoms with Crippen LogP contribution in [0.15, 0.2) is 102 Å². The SMILES string of the molecule is CCc1ccc2ccccc2c1Cc1c(C[C@H](Cc2cc[n-]c2)[C@H](O)CC(=O)[C@H](CC2=C[CH+]N=C2)Cc2ccc(O)c(OC3CCCC3)c2)ccc(O)c1OC. The molecule has 7 rings (SSSR count). The number of aliphatic hydroxyl groups excluding tert-OH is 1. The molecule has 3 atom stereocenters. The molecule has 0 radical (unpaired) electrons. The van der Waals surface area contributed by atoms with Crippen LogP contribution < -0.4 is 14.5 Å². The molecule has 4 aromatic carbocycles. The fourth-order valence-electron chi connectivity index (χ4n) is 8.55. The van der Waals surface area contributed by atoms with Crippen LogP contribution in [0.3, 0.4) is 0 Å². The van der Waals surface area contributed by atoms with Crippen LogP contribution in [-0.4, -0.2) is 46.6 Å². The molecule has 0 unspecified atom stereocenters. The minimum atomic E-state index is -0.963. The Labute approximate surface area is 329 Å². The van der Waals surface area contributed by atoms with Crippen molar-refractivity contribution in [3.63, 3.8) is 0 Å². The van der Waals surface area contributed by atoms with Gasteiger partial charge in [0.1, 0.15) is 17.9 Å². The minimum Gasteiger partial charge on any atom is -0.670 e. The van der Waals surface area contributed by atoms with Crippen LogP contribution >= 0.6 is 0 Å². The topological polar surface area (TPSA) is 123 Å². The standard InChI is InChI=1S/C48H52N2O6/c1-3-34-13-14-35-8-4-7-11-40(35)41(34)27-42-36(15-17-44(52)48(42)55-2)26-38(24-33-19-21-50-30-33)46(54)28-45(53)37(23-32-18-20-49-29-32)22-31-12-16-43(51)47(25-31)56-39-9-5-6-10-39/h4,7-8,11-21,25,29-30,37-39,46,51-52,54H,3,5-6,9-10,22-24,26-28H2,1-2H3/t37-,38-,46+/m0/s1. The number of carbonyl (C=O) groups is 1. The van der Waals surface area contributed by atoms with Gasteiger partial charge in [0.05, 0.1) is 25.4 Å². The summed E-state index contributed by atoms with van der Waals surface area (Å²) in [5.41, 5.74) is 7.05. The van der Waals surface area contributed by atoms with Crippen LogP contribution in [0.4, 0.5) is 0 Å². The van der Waals surface area contributed by atoms with Crippen molar-refractivity contribution in [3.05, 3.63) is 137 Å². The largest absolute Gasteiger partial charge is 0.670 e. The van der Waals surface area contributed by atoms with Crippen LogP contribution in [0.1, 0.15) is 78.8 Å². The number of ether oxygens (including phenoxy) is 2. The van der Waals surface area contributed by atoms with E-state index in [1.54, 1.807) is 38.2 Å². The number of rotatable bonds is 18. The van der Waals surface area contributed by atoms with Gasteiger partial charge < -0.3 is 29.8 Å². The Morgan fingerprint density at radius 2 is 1.71 bits per heavy atom. The number of benzene rings is 4. The van der Waals surface area contributed by atoms with Crippen molar-refractivity contribution in [2.24, 2.45) is 16.8 Å². The molecule has 2 aliphatic rings. The van der Waals surface area contributed by atoms with Crippen molar-refractivity contribution in [1.29, 1.82) is 0 Å². The first-order valence-electron chi connectivity index (χ1n) is 20.0. The maximum absolute atomic E-state index is 14.4. The third-order valence-corrected chi connectivity index (χ3v) is 11.6. The summed E-state index contributed by atoms with van der Waals surface area (Å²) in [5.74, 6) is 0.229. The number of allylic oxidation sites excluding steroid dienone is 1. The molecule has 1 aliphatic heterocycles. The van der Waals surface area contributed by atoms with Gasteiger partial charge >= 0.3 is 0 Å². The zero-order chi connectivity index (χ0) is 39.0. The summed E-state index contributed by atoms with van der Waals surface area (Å²) in [6.07, 6.45) is 13.8. The molecule has 0 amide bonds. The highest BCUT2D eigenvalue weighted by Crippen LogP contribution is 2.39. The molecule has 1 aromatic heterocycles. The second-order valence-electron chi connectivity index (χ2n) is 15.4. The molecule has 3 N–H and O–H groups in total. The van der Waals surface area contributed by atoms with E-state index in [-0.39, 0.29) is 35.7 Å². The van der Waals surface area contributed by atoms with Crippen LogP contribution in [0.2, 0.25) is 0 Å². The van der Waals surface area contributed by atoms with Gasteiger partial charge in [0.15, 0.2) is 29.2 Å². The number of nitrogens with zero attached hydrogens (tertiary/aromatic N) is 2. The normalized spacial score (nSPS) is 15.7. The molecule has 0 bridgehead atoms. The van der Waals surface area contributed by atoms with E-state index in [0.717, 1.165) is 70.7 Å². The van der Waals surface area contributed by atoms with E-state index in [0.29, 0.717) is 43.6 Å². The van der Waals surface area contributed by atoms with Gasteiger partial charge in [-0.1, -0.05) is 67.1 Å². The van der Waals surface area contributed by atoms with Gasteiger partial charge in [0.2, 0.25) is 0 Å². The summed E-state index contributed by atoms with van der Waals surface area (Å²) in [6, 6.07) is 23.6. The number of hydrogen-bond acceptors (Lipinski definition) is 7. The number of methoxy groups -OCH3 is 1. The number of Topliss-reactive ketones (excluding diaryl/α,β-unsaturated/α-hetero) is 1. The van der Waals surface area contributed by atoms with Gasteiger partial charge in [-0.2, -0.15) is 12.4 Å². The molecule has 8 heteroatoms. The molecule has 0 saturated heterocycles. The highest BCUT2D eigenvalue weighted by Gasteiger charge is 2.31.